The molecule has 0 aliphatic carbocycles. The third-order valence-corrected chi connectivity index (χ3v) is 12.1. The lowest BCUT2D eigenvalue weighted by molar-refractivity contribution is -0.115. The van der Waals surface area contributed by atoms with Gasteiger partial charge in [0.15, 0.2) is 0 Å². The molecule has 8 nitrogen and oxygen atoms in total. The lowest BCUT2D eigenvalue weighted by Crippen LogP contribution is -2.67. The molecule has 0 radical (unpaired) electrons. The summed E-state index contributed by atoms with van der Waals surface area (Å²) >= 11 is 0. The second kappa shape index (κ2) is 11.9. The Morgan fingerprint density at radius 3 is 2.18 bits per heavy atom. The summed E-state index contributed by atoms with van der Waals surface area (Å²) in [5, 5.41) is 2.16. The van der Waals surface area contributed by atoms with Crippen LogP contribution < -0.4 is 21.6 Å². The van der Waals surface area contributed by atoms with Crippen molar-refractivity contribution in [2.75, 3.05) is 20.0 Å². The highest BCUT2D eigenvalue weighted by Gasteiger charge is 2.51. The first-order chi connectivity index (χ1) is 18.2. The lowest BCUT2D eigenvalue weighted by Gasteiger charge is -2.43. The van der Waals surface area contributed by atoms with Crippen molar-refractivity contribution >= 4 is 18.7 Å². The van der Waals surface area contributed by atoms with Crippen molar-refractivity contribution in [2.24, 2.45) is 0 Å². The second-order valence-corrected chi connectivity index (χ2v) is 14.9. The molecule has 0 bridgehead atoms. The number of nitrogens with zero attached hydrogens (tertiary/aromatic N) is 1. The summed E-state index contributed by atoms with van der Waals surface area (Å²) in [6.07, 6.45) is 0.562. The smallest absolute Gasteiger partial charge is 0.330 e. The molecule has 204 valence electrons. The average Bonchev–Trinajstić information content (AvgIpc) is 3.30. The van der Waals surface area contributed by atoms with Crippen LogP contribution in [0, 0.1) is 6.92 Å². The van der Waals surface area contributed by atoms with E-state index in [9.17, 15) is 9.59 Å². The SMILES string of the molecule is CCOCOC1C[C@H](n2cc(C)c(=O)[nH]c2=O)O[C@@H]1CO[Si](c1ccccc1)(c1ccccc1)C(C)(C)C. The molecule has 1 unspecified atom stereocenters. The van der Waals surface area contributed by atoms with Gasteiger partial charge in [-0.1, -0.05) is 81.4 Å². The van der Waals surface area contributed by atoms with Gasteiger partial charge in [-0.25, -0.2) is 4.79 Å². The second-order valence-electron chi connectivity index (χ2n) is 10.6. The van der Waals surface area contributed by atoms with Gasteiger partial charge in [-0.05, 0) is 29.3 Å². The van der Waals surface area contributed by atoms with E-state index in [1.165, 1.54) is 21.1 Å². The van der Waals surface area contributed by atoms with E-state index >= 15 is 0 Å². The number of hydrogen-bond donors (Lipinski definition) is 1. The van der Waals surface area contributed by atoms with Crippen LogP contribution in [0.2, 0.25) is 5.04 Å². The standard InChI is InChI=1S/C29H38N2O6Si/c1-6-34-20-35-24-17-26(31-18-21(2)27(32)30-28(31)33)37-25(24)19-36-38(29(3,4)5,22-13-9-7-10-14-22)23-15-11-8-12-16-23/h7-16,18,24-26H,6,17,19-20H2,1-5H3,(H,30,32,33)/t24?,25-,26-/m1/s1. The maximum absolute atomic E-state index is 12.6. The van der Waals surface area contributed by atoms with E-state index in [1.807, 2.05) is 19.1 Å². The highest BCUT2D eigenvalue weighted by Crippen LogP contribution is 2.38. The number of benzene rings is 2. The van der Waals surface area contributed by atoms with E-state index in [1.54, 1.807) is 6.92 Å². The summed E-state index contributed by atoms with van der Waals surface area (Å²) in [4.78, 5) is 26.9. The number of rotatable bonds is 10. The first-order valence-electron chi connectivity index (χ1n) is 13.1. The molecule has 1 aromatic heterocycles. The van der Waals surface area contributed by atoms with Crippen molar-refractivity contribution in [2.45, 2.75) is 64.5 Å². The van der Waals surface area contributed by atoms with Crippen LogP contribution in [0.3, 0.4) is 0 Å². The molecule has 4 rings (SSSR count). The molecule has 1 aliphatic heterocycles. The normalized spacial score (nSPS) is 20.1. The zero-order chi connectivity index (χ0) is 27.3. The van der Waals surface area contributed by atoms with Gasteiger partial charge in [0.25, 0.3) is 13.9 Å². The van der Waals surface area contributed by atoms with Gasteiger partial charge in [0.05, 0.1) is 12.7 Å². The lowest BCUT2D eigenvalue weighted by atomic mass is 10.2. The highest BCUT2D eigenvalue weighted by molar-refractivity contribution is 6.99. The molecule has 2 heterocycles. The van der Waals surface area contributed by atoms with E-state index < -0.39 is 31.9 Å². The summed E-state index contributed by atoms with van der Waals surface area (Å²) in [6, 6.07) is 20.8. The van der Waals surface area contributed by atoms with Crippen molar-refractivity contribution in [1.29, 1.82) is 0 Å². The number of ether oxygens (including phenoxy) is 3. The van der Waals surface area contributed by atoms with Crippen molar-refractivity contribution in [1.82, 2.24) is 9.55 Å². The zero-order valence-electron chi connectivity index (χ0n) is 22.8. The van der Waals surface area contributed by atoms with Crippen LogP contribution in [0.1, 0.15) is 45.9 Å². The van der Waals surface area contributed by atoms with E-state index in [0.717, 1.165) is 0 Å². The van der Waals surface area contributed by atoms with Crippen LogP contribution in [0.15, 0.2) is 76.4 Å². The molecule has 1 saturated heterocycles. The van der Waals surface area contributed by atoms with Gasteiger partial charge in [0.1, 0.15) is 19.1 Å². The minimum atomic E-state index is -2.80. The fourth-order valence-corrected chi connectivity index (χ4v) is 9.75. The van der Waals surface area contributed by atoms with Gasteiger partial charge >= 0.3 is 5.69 Å². The van der Waals surface area contributed by atoms with Crippen molar-refractivity contribution in [3.8, 4) is 0 Å². The topological polar surface area (TPSA) is 91.8 Å². The number of nitrogens with one attached hydrogen (secondary N) is 1. The number of aromatic amines is 1. The molecule has 0 amide bonds. The maximum Gasteiger partial charge on any atom is 0.330 e. The third kappa shape index (κ3) is 5.77. The van der Waals surface area contributed by atoms with Gasteiger partial charge in [0.2, 0.25) is 0 Å². The number of hydrogen-bond acceptors (Lipinski definition) is 6. The monoisotopic (exact) mass is 538 g/mol. The molecule has 9 heteroatoms. The molecule has 1 fully saturated rings. The quantitative estimate of drug-likeness (QED) is 0.242. The van der Waals surface area contributed by atoms with Crippen LogP contribution >= 0.6 is 0 Å². The van der Waals surface area contributed by atoms with Crippen LogP contribution in [-0.4, -0.2) is 50.1 Å². The van der Waals surface area contributed by atoms with Crippen molar-refractivity contribution in [3.63, 3.8) is 0 Å². The fourth-order valence-electron chi connectivity index (χ4n) is 5.18. The van der Waals surface area contributed by atoms with E-state index in [2.05, 4.69) is 74.3 Å². The van der Waals surface area contributed by atoms with Gasteiger partial charge < -0.3 is 18.6 Å². The third-order valence-electron chi connectivity index (χ3n) is 7.09. The van der Waals surface area contributed by atoms with Gasteiger partial charge in [0, 0.05) is 24.8 Å². The molecule has 3 atom stereocenters. The minimum absolute atomic E-state index is 0.118. The van der Waals surface area contributed by atoms with Crippen LogP contribution in [0.25, 0.3) is 0 Å². The summed E-state index contributed by atoms with van der Waals surface area (Å²) in [5.74, 6) is 0. The summed E-state index contributed by atoms with van der Waals surface area (Å²) in [6.45, 7) is 11.2. The first-order valence-corrected chi connectivity index (χ1v) is 15.0. The Kier molecular flexibility index (Phi) is 8.84. The van der Waals surface area contributed by atoms with Crippen LogP contribution in [0.4, 0.5) is 0 Å². The minimum Gasteiger partial charge on any atom is -0.405 e. The fraction of sp³-hybridized carbons (Fsp3) is 0.448. The largest absolute Gasteiger partial charge is 0.405 e. The number of aromatic nitrogens is 2. The Labute approximate surface area is 224 Å². The molecule has 0 spiro atoms. The molecule has 0 saturated carbocycles. The molecule has 3 aromatic rings. The van der Waals surface area contributed by atoms with Crippen LogP contribution in [0.5, 0.6) is 0 Å². The molecule has 38 heavy (non-hydrogen) atoms. The Bertz CT molecular complexity index is 1260. The average molecular weight is 539 g/mol. The van der Waals surface area contributed by atoms with Crippen molar-refractivity contribution in [3.05, 3.63) is 93.3 Å². The Morgan fingerprint density at radius 1 is 1.03 bits per heavy atom. The number of H-pyrrole nitrogens is 1. The first kappa shape index (κ1) is 28.2. The molecule has 1 N–H and O–H groups in total. The molecular weight excluding hydrogens is 500 g/mol. The molecule has 1 aliphatic rings. The van der Waals surface area contributed by atoms with E-state index in [0.29, 0.717) is 18.6 Å². The summed E-state index contributed by atoms with van der Waals surface area (Å²) in [5.41, 5.74) is -0.477. The maximum atomic E-state index is 12.6. The summed E-state index contributed by atoms with van der Waals surface area (Å²) in [7, 11) is -2.80. The zero-order valence-corrected chi connectivity index (χ0v) is 23.8. The van der Waals surface area contributed by atoms with E-state index in [4.69, 9.17) is 18.6 Å². The number of aryl methyl sites for hydroxylation is 1. The Hall–Kier alpha value is -2.82. The Morgan fingerprint density at radius 2 is 1.63 bits per heavy atom. The summed E-state index contributed by atoms with van der Waals surface area (Å²) < 4.78 is 26.4. The van der Waals surface area contributed by atoms with Crippen molar-refractivity contribution < 1.29 is 18.6 Å². The predicted octanol–water partition coefficient (Wildman–Crippen LogP) is 3.09. The van der Waals surface area contributed by atoms with Gasteiger partial charge in [-0.3, -0.25) is 14.3 Å². The van der Waals surface area contributed by atoms with E-state index in [-0.39, 0.29) is 24.5 Å². The van der Waals surface area contributed by atoms with Gasteiger partial charge in [-0.15, -0.1) is 0 Å². The van der Waals surface area contributed by atoms with Gasteiger partial charge in [-0.2, -0.15) is 0 Å². The predicted molar refractivity (Wildman–Crippen MR) is 150 cm³/mol. The molecule has 2 aromatic carbocycles. The Balaban J connectivity index is 1.68. The highest BCUT2D eigenvalue weighted by atomic mass is 28.4. The molecular formula is C29H38N2O6Si. The van der Waals surface area contributed by atoms with Crippen LogP contribution in [-0.2, 0) is 18.6 Å².